The molecule has 0 bridgehead atoms. The molecule has 0 radical (unpaired) electrons. The van der Waals surface area contributed by atoms with Gasteiger partial charge in [-0.15, -0.1) is 0 Å². The summed E-state index contributed by atoms with van der Waals surface area (Å²) in [6.07, 6.45) is 6.14. The number of carbonyl (C=O) groups excluding carboxylic acids is 1. The topological polar surface area (TPSA) is 71.8 Å². The van der Waals surface area contributed by atoms with Crippen LogP contribution >= 0.6 is 0 Å². The first-order valence-electron chi connectivity index (χ1n) is 6.62. The van der Waals surface area contributed by atoms with Crippen LogP contribution in [0, 0.1) is 5.82 Å². The van der Waals surface area contributed by atoms with Gasteiger partial charge in [-0.1, -0.05) is 0 Å². The number of nitrogens with one attached hydrogen (secondary N) is 2. The first-order valence-corrected chi connectivity index (χ1v) is 6.62. The van der Waals surface area contributed by atoms with Crippen LogP contribution in [0.3, 0.4) is 0 Å². The number of rotatable bonds is 4. The number of aryl methyl sites for hydroxylation is 1. The molecule has 0 saturated heterocycles. The van der Waals surface area contributed by atoms with Gasteiger partial charge in [0.15, 0.2) is 0 Å². The quantitative estimate of drug-likeness (QED) is 0.906. The van der Waals surface area contributed by atoms with Gasteiger partial charge in [0.1, 0.15) is 5.82 Å². The van der Waals surface area contributed by atoms with Crippen LogP contribution in [-0.4, -0.2) is 20.8 Å². The van der Waals surface area contributed by atoms with Crippen LogP contribution in [0.1, 0.15) is 37.1 Å². The molecule has 0 aromatic carbocycles. The molecule has 2 atom stereocenters. The Bertz CT molecular complexity index is 627. The van der Waals surface area contributed by atoms with E-state index in [1.807, 2.05) is 20.2 Å². The molecule has 6 nitrogen and oxygen atoms in total. The summed E-state index contributed by atoms with van der Waals surface area (Å²) in [7, 11) is 1.81. The molecule has 2 N–H and O–H groups in total. The zero-order valence-corrected chi connectivity index (χ0v) is 12.2. The SMILES string of the molecule is C[C@H](NC(=O)N[C@@H](C)c1ccncc1F)c1cnn(C)c1. The number of amides is 2. The summed E-state index contributed by atoms with van der Waals surface area (Å²) in [4.78, 5) is 15.6. The normalized spacial score (nSPS) is 13.5. The van der Waals surface area contributed by atoms with E-state index >= 15 is 0 Å². The van der Waals surface area contributed by atoms with E-state index in [-0.39, 0.29) is 12.1 Å². The van der Waals surface area contributed by atoms with Crippen molar-refractivity contribution < 1.29 is 9.18 Å². The van der Waals surface area contributed by atoms with Crippen molar-refractivity contribution in [3.8, 4) is 0 Å². The van der Waals surface area contributed by atoms with Gasteiger partial charge in [-0.3, -0.25) is 9.67 Å². The van der Waals surface area contributed by atoms with Gasteiger partial charge in [0, 0.05) is 30.6 Å². The first-order chi connectivity index (χ1) is 9.97. The highest BCUT2D eigenvalue weighted by molar-refractivity contribution is 5.74. The Kier molecular flexibility index (Phi) is 4.52. The van der Waals surface area contributed by atoms with E-state index in [2.05, 4.69) is 20.7 Å². The highest BCUT2D eigenvalue weighted by Gasteiger charge is 2.16. The van der Waals surface area contributed by atoms with Crippen molar-refractivity contribution >= 4 is 6.03 Å². The van der Waals surface area contributed by atoms with Gasteiger partial charge in [0.2, 0.25) is 0 Å². The van der Waals surface area contributed by atoms with E-state index in [4.69, 9.17) is 0 Å². The molecule has 2 heterocycles. The maximum Gasteiger partial charge on any atom is 0.315 e. The fourth-order valence-corrected chi connectivity index (χ4v) is 2.00. The van der Waals surface area contributed by atoms with Crippen molar-refractivity contribution in [2.24, 2.45) is 7.05 Å². The number of aromatic nitrogens is 3. The third kappa shape index (κ3) is 3.77. The van der Waals surface area contributed by atoms with Crippen molar-refractivity contribution in [2.45, 2.75) is 25.9 Å². The molecule has 2 rings (SSSR count). The van der Waals surface area contributed by atoms with Crippen molar-refractivity contribution in [1.82, 2.24) is 25.4 Å². The van der Waals surface area contributed by atoms with Gasteiger partial charge in [0.25, 0.3) is 0 Å². The molecule has 0 spiro atoms. The molecule has 2 aromatic rings. The van der Waals surface area contributed by atoms with Crippen LogP contribution in [0.2, 0.25) is 0 Å². The number of hydrogen-bond acceptors (Lipinski definition) is 3. The second kappa shape index (κ2) is 6.34. The maximum atomic E-state index is 13.6. The first kappa shape index (κ1) is 15.0. The molecule has 0 aliphatic rings. The lowest BCUT2D eigenvalue weighted by molar-refractivity contribution is 0.234. The van der Waals surface area contributed by atoms with E-state index < -0.39 is 11.9 Å². The maximum absolute atomic E-state index is 13.6. The van der Waals surface area contributed by atoms with Crippen LogP contribution in [0.4, 0.5) is 9.18 Å². The predicted molar refractivity (Wildman–Crippen MR) is 75.9 cm³/mol. The monoisotopic (exact) mass is 291 g/mol. The molecule has 21 heavy (non-hydrogen) atoms. The number of urea groups is 1. The average Bonchev–Trinajstić information content (AvgIpc) is 2.85. The van der Waals surface area contributed by atoms with Gasteiger partial charge in [-0.25, -0.2) is 9.18 Å². The predicted octanol–water partition coefficient (Wildman–Crippen LogP) is 2.08. The van der Waals surface area contributed by atoms with Crippen molar-refractivity contribution in [1.29, 1.82) is 0 Å². The summed E-state index contributed by atoms with van der Waals surface area (Å²) in [6.45, 7) is 3.57. The molecule has 0 aliphatic heterocycles. The van der Waals surface area contributed by atoms with Crippen LogP contribution in [-0.2, 0) is 7.05 Å². The Morgan fingerprint density at radius 1 is 1.29 bits per heavy atom. The molecule has 2 aromatic heterocycles. The minimum atomic E-state index is -0.450. The number of carbonyl (C=O) groups is 1. The number of halogens is 1. The highest BCUT2D eigenvalue weighted by Crippen LogP contribution is 2.15. The fraction of sp³-hybridized carbons (Fsp3) is 0.357. The minimum absolute atomic E-state index is 0.187. The summed E-state index contributed by atoms with van der Waals surface area (Å²) in [6, 6.07) is 0.544. The van der Waals surface area contributed by atoms with Gasteiger partial charge in [-0.2, -0.15) is 5.10 Å². The van der Waals surface area contributed by atoms with Crippen LogP contribution in [0.5, 0.6) is 0 Å². The Labute approximate surface area is 122 Å². The lowest BCUT2D eigenvalue weighted by atomic mass is 10.1. The summed E-state index contributed by atoms with van der Waals surface area (Å²) in [5.41, 5.74) is 1.30. The van der Waals surface area contributed by atoms with E-state index in [1.54, 1.807) is 23.9 Å². The van der Waals surface area contributed by atoms with Crippen molar-refractivity contribution in [3.63, 3.8) is 0 Å². The average molecular weight is 291 g/mol. The smallest absolute Gasteiger partial charge is 0.315 e. The van der Waals surface area contributed by atoms with Crippen LogP contribution in [0.15, 0.2) is 30.9 Å². The Morgan fingerprint density at radius 2 is 2.00 bits per heavy atom. The fourth-order valence-electron chi connectivity index (χ4n) is 2.00. The third-order valence-corrected chi connectivity index (χ3v) is 3.19. The van der Waals surface area contributed by atoms with Crippen LogP contribution < -0.4 is 10.6 Å². The molecular formula is C14H18FN5O. The lowest BCUT2D eigenvalue weighted by Crippen LogP contribution is -2.38. The van der Waals surface area contributed by atoms with Gasteiger partial charge >= 0.3 is 6.03 Å². The zero-order chi connectivity index (χ0) is 15.4. The summed E-state index contributed by atoms with van der Waals surface area (Å²) in [5, 5.41) is 9.54. The van der Waals surface area contributed by atoms with Gasteiger partial charge in [0.05, 0.1) is 24.5 Å². The summed E-state index contributed by atoms with van der Waals surface area (Å²) < 4.78 is 15.2. The molecule has 0 aliphatic carbocycles. The number of pyridine rings is 1. The van der Waals surface area contributed by atoms with Gasteiger partial charge < -0.3 is 10.6 Å². The molecule has 0 unspecified atom stereocenters. The Balaban J connectivity index is 1.94. The van der Waals surface area contributed by atoms with E-state index in [9.17, 15) is 9.18 Å². The Hall–Kier alpha value is -2.44. The standard InChI is InChI=1S/C14H18FN5O/c1-9(11-6-17-20(3)8-11)18-14(21)19-10(2)12-4-5-16-7-13(12)15/h4-10H,1-3H3,(H2,18,19,21)/t9-,10-/m0/s1. The second-order valence-electron chi connectivity index (χ2n) is 4.91. The molecule has 112 valence electrons. The molecule has 0 saturated carbocycles. The van der Waals surface area contributed by atoms with Gasteiger partial charge in [-0.05, 0) is 19.9 Å². The molecular weight excluding hydrogens is 273 g/mol. The number of hydrogen-bond donors (Lipinski definition) is 2. The van der Waals surface area contributed by atoms with E-state index in [0.717, 1.165) is 11.8 Å². The molecule has 0 fully saturated rings. The highest BCUT2D eigenvalue weighted by atomic mass is 19.1. The Morgan fingerprint density at radius 3 is 2.62 bits per heavy atom. The van der Waals surface area contributed by atoms with Crippen molar-refractivity contribution in [3.05, 3.63) is 47.8 Å². The van der Waals surface area contributed by atoms with E-state index in [0.29, 0.717) is 5.56 Å². The van der Waals surface area contributed by atoms with Crippen LogP contribution in [0.25, 0.3) is 0 Å². The molecule has 2 amide bonds. The molecule has 7 heteroatoms. The minimum Gasteiger partial charge on any atom is -0.332 e. The largest absolute Gasteiger partial charge is 0.332 e. The third-order valence-electron chi connectivity index (χ3n) is 3.19. The summed E-state index contributed by atoms with van der Waals surface area (Å²) >= 11 is 0. The summed E-state index contributed by atoms with van der Waals surface area (Å²) in [5.74, 6) is -0.439. The van der Waals surface area contributed by atoms with E-state index in [1.165, 1.54) is 6.20 Å². The number of nitrogens with zero attached hydrogens (tertiary/aromatic N) is 3. The second-order valence-corrected chi connectivity index (χ2v) is 4.91. The zero-order valence-electron chi connectivity index (χ0n) is 12.2. The lowest BCUT2D eigenvalue weighted by Gasteiger charge is -2.18. The van der Waals surface area contributed by atoms with Crippen molar-refractivity contribution in [2.75, 3.05) is 0 Å².